The second-order valence-electron chi connectivity index (χ2n) is 11.9. The van der Waals surface area contributed by atoms with Crippen molar-refractivity contribution in [1.29, 1.82) is 0 Å². The van der Waals surface area contributed by atoms with Gasteiger partial charge in [0.2, 0.25) is 0 Å². The Labute approximate surface area is 224 Å². The van der Waals surface area contributed by atoms with E-state index in [2.05, 4.69) is 34.6 Å². The van der Waals surface area contributed by atoms with E-state index in [1.54, 1.807) is 0 Å². The van der Waals surface area contributed by atoms with E-state index in [1.165, 1.54) is 70.6 Å². The van der Waals surface area contributed by atoms with Crippen molar-refractivity contribution in [2.24, 2.45) is 23.2 Å². The Morgan fingerprint density at radius 1 is 0.611 bits per heavy atom. The number of hydrogen-bond donors (Lipinski definition) is 2. The van der Waals surface area contributed by atoms with Crippen LogP contribution in [0.5, 0.6) is 0 Å². The fourth-order valence-corrected chi connectivity index (χ4v) is 6.10. The molecule has 0 aromatic rings. The first-order chi connectivity index (χ1) is 17.2. The van der Waals surface area contributed by atoms with Gasteiger partial charge in [0, 0.05) is 6.42 Å². The van der Waals surface area contributed by atoms with E-state index in [-0.39, 0.29) is 0 Å². The maximum atomic E-state index is 12.9. The van der Waals surface area contributed by atoms with Gasteiger partial charge in [0.25, 0.3) is 0 Å². The van der Waals surface area contributed by atoms with Gasteiger partial charge in [0.05, 0.1) is 5.41 Å². The molecule has 0 radical (unpaired) electrons. The first kappa shape index (κ1) is 34.9. The zero-order valence-corrected chi connectivity index (χ0v) is 24.8. The Kier molecular flexibility index (Phi) is 21.3. The van der Waals surface area contributed by atoms with Gasteiger partial charge in [0.15, 0.2) is 0 Å². The van der Waals surface area contributed by atoms with Crippen LogP contribution in [0.2, 0.25) is 0 Å². The first-order valence-electron chi connectivity index (χ1n) is 15.7. The highest BCUT2D eigenvalue weighted by molar-refractivity contribution is 5.74. The molecule has 3 atom stereocenters. The molecule has 0 saturated heterocycles. The lowest BCUT2D eigenvalue weighted by Crippen LogP contribution is -2.37. The molecule has 0 amide bonds. The van der Waals surface area contributed by atoms with Crippen LogP contribution in [0, 0.1) is 23.2 Å². The first-order valence-corrected chi connectivity index (χ1v) is 15.7. The number of carboxylic acids is 2. The fraction of sp³-hybridized carbons (Fsp3) is 0.938. The minimum Gasteiger partial charge on any atom is -0.481 e. The third-order valence-electron chi connectivity index (χ3n) is 8.48. The summed E-state index contributed by atoms with van der Waals surface area (Å²) in [5.74, 6) is 0.264. The number of unbranched alkanes of at least 4 members (excludes halogenated alkanes) is 9. The van der Waals surface area contributed by atoms with Crippen LogP contribution in [0.25, 0.3) is 0 Å². The van der Waals surface area contributed by atoms with Crippen LogP contribution in [0.3, 0.4) is 0 Å². The van der Waals surface area contributed by atoms with Gasteiger partial charge in [-0.15, -0.1) is 0 Å². The molecule has 36 heavy (non-hydrogen) atoms. The van der Waals surface area contributed by atoms with Crippen molar-refractivity contribution >= 4 is 11.9 Å². The summed E-state index contributed by atoms with van der Waals surface area (Å²) in [7, 11) is 0. The highest BCUT2D eigenvalue weighted by Gasteiger charge is 2.42. The van der Waals surface area contributed by atoms with Crippen LogP contribution in [0.15, 0.2) is 0 Å². The highest BCUT2D eigenvalue weighted by Crippen LogP contribution is 2.44. The summed E-state index contributed by atoms with van der Waals surface area (Å²) >= 11 is 0. The van der Waals surface area contributed by atoms with Crippen LogP contribution in [-0.2, 0) is 9.59 Å². The molecule has 4 heteroatoms. The topological polar surface area (TPSA) is 74.6 Å². The minimum atomic E-state index is -0.687. The molecule has 0 aromatic carbocycles. The zero-order valence-electron chi connectivity index (χ0n) is 24.8. The van der Waals surface area contributed by atoms with E-state index < -0.39 is 17.4 Å². The second-order valence-corrected chi connectivity index (χ2v) is 11.9. The molecule has 0 heterocycles. The SMILES string of the molecule is CCCCC(CC)CC(CC(C)CCCCCCCCCCC(=O)O)(CC(CC)CCCC)C(=O)O. The third-order valence-corrected chi connectivity index (χ3v) is 8.48. The quantitative estimate of drug-likeness (QED) is 0.113. The maximum absolute atomic E-state index is 12.9. The predicted octanol–water partition coefficient (Wildman–Crippen LogP) is 10.3. The van der Waals surface area contributed by atoms with E-state index in [4.69, 9.17) is 5.11 Å². The van der Waals surface area contributed by atoms with Crippen LogP contribution < -0.4 is 0 Å². The summed E-state index contributed by atoms with van der Waals surface area (Å²) in [5, 5.41) is 19.3. The average molecular weight is 511 g/mol. The molecular weight excluding hydrogens is 448 g/mol. The van der Waals surface area contributed by atoms with Gasteiger partial charge in [-0.2, -0.15) is 0 Å². The molecule has 0 aliphatic heterocycles. The van der Waals surface area contributed by atoms with Gasteiger partial charge in [-0.3, -0.25) is 9.59 Å². The van der Waals surface area contributed by atoms with Crippen LogP contribution >= 0.6 is 0 Å². The fourth-order valence-electron chi connectivity index (χ4n) is 6.10. The smallest absolute Gasteiger partial charge is 0.309 e. The Bertz CT molecular complexity index is 526. The maximum Gasteiger partial charge on any atom is 0.309 e. The number of rotatable bonds is 26. The minimum absolute atomic E-state index is 0.297. The Hall–Kier alpha value is -1.06. The highest BCUT2D eigenvalue weighted by atomic mass is 16.4. The van der Waals surface area contributed by atoms with E-state index >= 15 is 0 Å². The summed E-state index contributed by atoms with van der Waals surface area (Å²) in [6.45, 7) is 11.3. The normalized spacial score (nSPS) is 15.8. The second kappa shape index (κ2) is 22.0. The molecule has 0 fully saturated rings. The van der Waals surface area contributed by atoms with Crippen molar-refractivity contribution in [3.8, 4) is 0 Å². The van der Waals surface area contributed by atoms with Crippen molar-refractivity contribution in [2.75, 3.05) is 0 Å². The Balaban J connectivity index is 4.88. The number of carbonyl (C=O) groups is 2. The van der Waals surface area contributed by atoms with Gasteiger partial charge in [-0.05, 0) is 43.4 Å². The standard InChI is InChI=1S/C32H62O4/c1-6-10-21-28(8-3)25-32(31(35)36,26-29(9-4)22-11-7-2)24-27(5)20-18-16-14-12-13-15-17-19-23-30(33)34/h27-29H,6-26H2,1-5H3,(H,33,34)(H,35,36). The van der Waals surface area contributed by atoms with Crippen molar-refractivity contribution < 1.29 is 19.8 Å². The van der Waals surface area contributed by atoms with Gasteiger partial charge < -0.3 is 10.2 Å². The lowest BCUT2D eigenvalue weighted by atomic mass is 9.66. The Morgan fingerprint density at radius 2 is 1.06 bits per heavy atom. The molecule has 214 valence electrons. The van der Waals surface area contributed by atoms with Crippen LogP contribution in [0.4, 0.5) is 0 Å². The molecular formula is C32H62O4. The summed E-state index contributed by atoms with van der Waals surface area (Å²) in [6, 6.07) is 0. The number of aliphatic carboxylic acids is 2. The number of carboxylic acid groups (broad SMARTS) is 2. The van der Waals surface area contributed by atoms with Gasteiger partial charge >= 0.3 is 11.9 Å². The summed E-state index contributed by atoms with van der Waals surface area (Å²) in [6.07, 6.45) is 22.3. The molecule has 0 rings (SSSR count). The zero-order chi connectivity index (χ0) is 27.2. The third kappa shape index (κ3) is 16.6. The average Bonchev–Trinajstić information content (AvgIpc) is 2.84. The lowest BCUT2D eigenvalue weighted by molar-refractivity contribution is -0.153. The van der Waals surface area contributed by atoms with E-state index in [9.17, 15) is 14.7 Å². The molecule has 3 unspecified atom stereocenters. The van der Waals surface area contributed by atoms with Gasteiger partial charge in [-0.25, -0.2) is 0 Å². The molecule has 0 aromatic heterocycles. The predicted molar refractivity (Wildman–Crippen MR) is 154 cm³/mol. The number of hydrogen-bond acceptors (Lipinski definition) is 2. The van der Waals surface area contributed by atoms with Gasteiger partial charge in [0.1, 0.15) is 0 Å². The van der Waals surface area contributed by atoms with Crippen LogP contribution in [0.1, 0.15) is 169 Å². The lowest BCUT2D eigenvalue weighted by Gasteiger charge is -2.38. The summed E-state index contributed by atoms with van der Waals surface area (Å²) in [5.41, 5.74) is -0.571. The van der Waals surface area contributed by atoms with Crippen molar-refractivity contribution in [1.82, 2.24) is 0 Å². The largest absolute Gasteiger partial charge is 0.481 e. The summed E-state index contributed by atoms with van der Waals surface area (Å²) < 4.78 is 0. The molecule has 0 aliphatic carbocycles. The summed E-state index contributed by atoms with van der Waals surface area (Å²) in [4.78, 5) is 23.5. The van der Waals surface area contributed by atoms with Gasteiger partial charge in [-0.1, -0.05) is 137 Å². The molecule has 0 bridgehead atoms. The van der Waals surface area contributed by atoms with E-state index in [0.29, 0.717) is 24.2 Å². The van der Waals surface area contributed by atoms with Crippen molar-refractivity contribution in [3.05, 3.63) is 0 Å². The Morgan fingerprint density at radius 3 is 1.44 bits per heavy atom. The van der Waals surface area contributed by atoms with Crippen LogP contribution in [-0.4, -0.2) is 22.2 Å². The van der Waals surface area contributed by atoms with Crippen molar-refractivity contribution in [2.45, 2.75) is 169 Å². The molecule has 2 N–H and O–H groups in total. The molecule has 0 spiro atoms. The molecule has 0 aliphatic rings. The molecule has 4 nitrogen and oxygen atoms in total. The monoisotopic (exact) mass is 510 g/mol. The van der Waals surface area contributed by atoms with E-state index in [0.717, 1.165) is 57.8 Å². The molecule has 0 saturated carbocycles. The van der Waals surface area contributed by atoms with E-state index in [1.807, 2.05) is 0 Å². The van der Waals surface area contributed by atoms with Crippen molar-refractivity contribution in [3.63, 3.8) is 0 Å².